The molecule has 0 bridgehead atoms. The number of aromatic nitrogens is 4. The number of furan rings is 1. The molecular formula is C10H16N6O3S. The lowest BCUT2D eigenvalue weighted by molar-refractivity contribution is 0.493. The van der Waals surface area contributed by atoms with Crippen molar-refractivity contribution < 1.29 is 12.8 Å². The van der Waals surface area contributed by atoms with E-state index >= 15 is 0 Å². The largest absolute Gasteiger partial charge is 0.465 e. The SMILES string of the molecule is Cc1oc(C)c(S(=O)(=O)NC(C)c2nn[nH]n2)c1CN. The van der Waals surface area contributed by atoms with Crippen molar-refractivity contribution in [3.8, 4) is 0 Å². The molecule has 0 aromatic carbocycles. The van der Waals surface area contributed by atoms with Crippen molar-refractivity contribution in [1.82, 2.24) is 25.3 Å². The Kier molecular flexibility index (Phi) is 3.88. The summed E-state index contributed by atoms with van der Waals surface area (Å²) in [5.41, 5.74) is 6.06. The molecule has 110 valence electrons. The lowest BCUT2D eigenvalue weighted by atomic mass is 10.2. The van der Waals surface area contributed by atoms with Crippen LogP contribution in [0.15, 0.2) is 9.31 Å². The molecule has 2 rings (SSSR count). The van der Waals surface area contributed by atoms with Crippen LogP contribution in [-0.2, 0) is 16.6 Å². The first-order valence-corrected chi connectivity index (χ1v) is 7.39. The minimum atomic E-state index is -3.78. The minimum absolute atomic E-state index is 0.0767. The van der Waals surface area contributed by atoms with E-state index in [0.29, 0.717) is 17.1 Å². The zero-order valence-electron chi connectivity index (χ0n) is 11.3. The van der Waals surface area contributed by atoms with Gasteiger partial charge in [-0.15, -0.1) is 10.2 Å². The molecule has 2 aromatic rings. The van der Waals surface area contributed by atoms with Crippen LogP contribution in [-0.4, -0.2) is 29.0 Å². The number of rotatable bonds is 5. The number of nitrogens with two attached hydrogens (primary N) is 1. The molecule has 9 nitrogen and oxygen atoms in total. The van der Waals surface area contributed by atoms with Gasteiger partial charge in [-0.1, -0.05) is 5.21 Å². The molecule has 1 unspecified atom stereocenters. The zero-order chi connectivity index (χ0) is 14.9. The van der Waals surface area contributed by atoms with E-state index in [2.05, 4.69) is 25.3 Å². The van der Waals surface area contributed by atoms with Gasteiger partial charge in [0.05, 0.1) is 6.04 Å². The average Bonchev–Trinajstić information content (AvgIpc) is 2.95. The van der Waals surface area contributed by atoms with Crippen LogP contribution in [0, 0.1) is 13.8 Å². The summed E-state index contributed by atoms with van der Waals surface area (Å²) in [6.07, 6.45) is 0. The number of nitrogens with one attached hydrogen (secondary N) is 2. The fourth-order valence-electron chi connectivity index (χ4n) is 2.00. The van der Waals surface area contributed by atoms with Gasteiger partial charge in [-0.3, -0.25) is 0 Å². The van der Waals surface area contributed by atoms with E-state index in [1.165, 1.54) is 0 Å². The van der Waals surface area contributed by atoms with Crippen LogP contribution in [0.2, 0.25) is 0 Å². The molecule has 10 heteroatoms. The summed E-state index contributed by atoms with van der Waals surface area (Å²) in [4.78, 5) is 0.0767. The summed E-state index contributed by atoms with van der Waals surface area (Å²) in [5, 5.41) is 13.1. The zero-order valence-corrected chi connectivity index (χ0v) is 12.2. The van der Waals surface area contributed by atoms with E-state index in [4.69, 9.17) is 10.2 Å². The first-order valence-electron chi connectivity index (χ1n) is 5.91. The van der Waals surface area contributed by atoms with E-state index in [9.17, 15) is 8.42 Å². The monoisotopic (exact) mass is 300 g/mol. The van der Waals surface area contributed by atoms with Gasteiger partial charge in [-0.05, 0) is 20.8 Å². The number of aromatic amines is 1. The molecule has 0 amide bonds. The summed E-state index contributed by atoms with van der Waals surface area (Å²) in [5.74, 6) is 1.05. The lowest BCUT2D eigenvalue weighted by Crippen LogP contribution is -2.29. The number of H-pyrrole nitrogens is 1. The van der Waals surface area contributed by atoms with Crippen molar-refractivity contribution in [2.24, 2.45) is 5.73 Å². The fraction of sp³-hybridized carbons (Fsp3) is 0.500. The Labute approximate surface area is 116 Å². The van der Waals surface area contributed by atoms with Crippen molar-refractivity contribution in [3.05, 3.63) is 22.9 Å². The summed E-state index contributed by atoms with van der Waals surface area (Å²) in [6, 6.07) is -0.626. The Morgan fingerprint density at radius 1 is 1.40 bits per heavy atom. The highest BCUT2D eigenvalue weighted by Crippen LogP contribution is 2.27. The highest BCUT2D eigenvalue weighted by molar-refractivity contribution is 7.89. The third-order valence-corrected chi connectivity index (χ3v) is 4.61. The van der Waals surface area contributed by atoms with Crippen LogP contribution in [0.1, 0.15) is 35.9 Å². The molecular weight excluding hydrogens is 284 g/mol. The molecule has 0 fully saturated rings. The lowest BCUT2D eigenvalue weighted by Gasteiger charge is -2.11. The predicted octanol–water partition coefficient (Wildman–Crippen LogP) is -0.0923. The van der Waals surface area contributed by atoms with Gasteiger partial charge < -0.3 is 10.2 Å². The number of nitrogens with zero attached hydrogens (tertiary/aromatic N) is 3. The Morgan fingerprint density at radius 2 is 2.10 bits per heavy atom. The molecule has 2 aromatic heterocycles. The smallest absolute Gasteiger partial charge is 0.245 e. The molecule has 0 saturated carbocycles. The molecule has 2 heterocycles. The van der Waals surface area contributed by atoms with Gasteiger partial charge in [-0.25, -0.2) is 13.1 Å². The third kappa shape index (κ3) is 2.57. The van der Waals surface area contributed by atoms with E-state index in [-0.39, 0.29) is 17.3 Å². The number of aryl methyl sites for hydroxylation is 2. The maximum Gasteiger partial charge on any atom is 0.245 e. The molecule has 0 aliphatic heterocycles. The van der Waals surface area contributed by atoms with Gasteiger partial charge in [0, 0.05) is 12.1 Å². The average molecular weight is 300 g/mol. The Morgan fingerprint density at radius 3 is 2.65 bits per heavy atom. The topological polar surface area (TPSA) is 140 Å². The van der Waals surface area contributed by atoms with Crippen LogP contribution < -0.4 is 10.5 Å². The maximum absolute atomic E-state index is 12.4. The Balaban J connectivity index is 2.36. The van der Waals surface area contributed by atoms with Gasteiger partial charge >= 0.3 is 0 Å². The summed E-state index contributed by atoms with van der Waals surface area (Å²) in [6.45, 7) is 4.96. The van der Waals surface area contributed by atoms with Crippen LogP contribution in [0.3, 0.4) is 0 Å². The first-order chi connectivity index (χ1) is 9.36. The van der Waals surface area contributed by atoms with Crippen LogP contribution in [0.25, 0.3) is 0 Å². The minimum Gasteiger partial charge on any atom is -0.465 e. The van der Waals surface area contributed by atoms with E-state index in [1.807, 2.05) is 0 Å². The Bertz CT molecular complexity index is 691. The van der Waals surface area contributed by atoms with E-state index in [0.717, 1.165) is 0 Å². The van der Waals surface area contributed by atoms with Crippen molar-refractivity contribution in [2.75, 3.05) is 0 Å². The van der Waals surface area contributed by atoms with Gasteiger partial charge in [0.25, 0.3) is 0 Å². The van der Waals surface area contributed by atoms with Crippen LogP contribution in [0.4, 0.5) is 0 Å². The second-order valence-electron chi connectivity index (χ2n) is 4.34. The van der Waals surface area contributed by atoms with Crippen molar-refractivity contribution in [1.29, 1.82) is 0 Å². The number of hydrogen-bond donors (Lipinski definition) is 3. The van der Waals surface area contributed by atoms with Gasteiger partial charge in [0.15, 0.2) is 5.82 Å². The molecule has 4 N–H and O–H groups in total. The molecule has 0 spiro atoms. The molecule has 0 aliphatic carbocycles. The number of tetrazole rings is 1. The third-order valence-electron chi connectivity index (χ3n) is 2.88. The van der Waals surface area contributed by atoms with Gasteiger partial charge in [0.2, 0.25) is 10.0 Å². The van der Waals surface area contributed by atoms with Crippen molar-refractivity contribution in [3.63, 3.8) is 0 Å². The highest BCUT2D eigenvalue weighted by atomic mass is 32.2. The fourth-order valence-corrected chi connectivity index (χ4v) is 3.66. The normalized spacial score (nSPS) is 13.6. The van der Waals surface area contributed by atoms with Crippen LogP contribution in [0.5, 0.6) is 0 Å². The van der Waals surface area contributed by atoms with Gasteiger partial charge in [0.1, 0.15) is 16.4 Å². The molecule has 20 heavy (non-hydrogen) atoms. The standard InChI is InChI=1S/C10H16N6O3S/c1-5(10-12-15-16-13-10)14-20(17,18)9-7(3)19-6(2)8(9)4-11/h5,14H,4,11H2,1-3H3,(H,12,13,15,16). The molecule has 0 saturated heterocycles. The quantitative estimate of drug-likeness (QED) is 0.700. The molecule has 0 radical (unpaired) electrons. The summed E-state index contributed by atoms with van der Waals surface area (Å²) < 4.78 is 32.7. The van der Waals surface area contributed by atoms with Gasteiger partial charge in [-0.2, -0.15) is 5.21 Å². The van der Waals surface area contributed by atoms with E-state index in [1.54, 1.807) is 20.8 Å². The van der Waals surface area contributed by atoms with Crippen molar-refractivity contribution >= 4 is 10.0 Å². The maximum atomic E-state index is 12.4. The summed E-state index contributed by atoms with van der Waals surface area (Å²) >= 11 is 0. The predicted molar refractivity (Wildman–Crippen MR) is 69.0 cm³/mol. The second-order valence-corrected chi connectivity index (χ2v) is 5.99. The second kappa shape index (κ2) is 5.31. The summed E-state index contributed by atoms with van der Waals surface area (Å²) in [7, 11) is -3.78. The molecule has 0 aliphatic rings. The number of hydrogen-bond acceptors (Lipinski definition) is 7. The van der Waals surface area contributed by atoms with Crippen LogP contribution >= 0.6 is 0 Å². The number of sulfonamides is 1. The Hall–Kier alpha value is -1.78. The first kappa shape index (κ1) is 14.6. The van der Waals surface area contributed by atoms with E-state index < -0.39 is 16.1 Å². The molecule has 1 atom stereocenters. The van der Waals surface area contributed by atoms with Crippen molar-refractivity contribution in [2.45, 2.75) is 38.3 Å². The highest BCUT2D eigenvalue weighted by Gasteiger charge is 2.28.